The Kier molecular flexibility index (Phi) is 8.21. The molecule has 2 aromatic rings. The van der Waals surface area contributed by atoms with Crippen molar-refractivity contribution in [3.8, 4) is 0 Å². The molecule has 1 atom stereocenters. The van der Waals surface area contributed by atoms with E-state index in [0.29, 0.717) is 5.75 Å². The molecule has 2 N–H and O–H groups in total. The predicted molar refractivity (Wildman–Crippen MR) is 106 cm³/mol. The summed E-state index contributed by atoms with van der Waals surface area (Å²) in [5, 5.41) is 15.3. The van der Waals surface area contributed by atoms with E-state index in [-0.39, 0.29) is 11.9 Å². The molecule has 0 unspecified atom stereocenters. The number of aromatic nitrogens is 2. The number of unbranched alkanes of at least 4 members (excludes halogenated alkanes) is 1. The normalized spacial score (nSPS) is 12.0. The molecule has 0 aliphatic rings. The molecule has 0 fully saturated rings. The van der Waals surface area contributed by atoms with Gasteiger partial charge in [-0.15, -0.1) is 10.2 Å². The van der Waals surface area contributed by atoms with Gasteiger partial charge in [-0.2, -0.15) is 0 Å². The third-order valence-corrected chi connectivity index (χ3v) is 5.82. The second-order valence-corrected chi connectivity index (χ2v) is 8.03. The number of nitrogens with zero attached hydrogens (tertiary/aromatic N) is 2. The molecule has 0 radical (unpaired) electrons. The van der Waals surface area contributed by atoms with Crippen molar-refractivity contribution in [3.63, 3.8) is 0 Å². The Morgan fingerprint density at radius 1 is 1.24 bits per heavy atom. The zero-order valence-electron chi connectivity index (χ0n) is 15.0. The van der Waals surface area contributed by atoms with Crippen molar-refractivity contribution in [1.29, 1.82) is 0 Å². The van der Waals surface area contributed by atoms with Crippen LogP contribution in [0.5, 0.6) is 0 Å². The summed E-state index contributed by atoms with van der Waals surface area (Å²) in [6, 6.07) is 8.38. The number of carbonyl (C=O) groups is 1. The molecule has 0 spiro atoms. The van der Waals surface area contributed by atoms with Crippen LogP contribution in [-0.2, 0) is 11.2 Å². The van der Waals surface area contributed by atoms with Crippen LogP contribution in [-0.4, -0.2) is 28.4 Å². The number of carbonyl (C=O) groups excluding carboxylic acids is 1. The summed E-state index contributed by atoms with van der Waals surface area (Å²) in [6.45, 7) is 7.20. The molecule has 25 heavy (non-hydrogen) atoms. The maximum atomic E-state index is 12.1. The highest BCUT2D eigenvalue weighted by Gasteiger charge is 2.12. The number of thioether (sulfide) groups is 1. The largest absolute Gasteiger partial charge is 0.360 e. The van der Waals surface area contributed by atoms with E-state index in [2.05, 4.69) is 58.9 Å². The van der Waals surface area contributed by atoms with E-state index in [9.17, 15) is 4.79 Å². The van der Waals surface area contributed by atoms with Gasteiger partial charge < -0.3 is 10.6 Å². The standard InChI is InChI=1S/C18H26N4OS2/c1-4-6-11-19-17-21-22-18(25-17)24-12-16(23)20-13(3)15-9-7-14(5-2)8-10-15/h7-10,13H,4-6,11-12H2,1-3H3,(H,19,21)(H,20,23)/t13-/m0/s1. The first-order valence-electron chi connectivity index (χ1n) is 8.70. The molecule has 0 bridgehead atoms. The fourth-order valence-electron chi connectivity index (χ4n) is 2.25. The lowest BCUT2D eigenvalue weighted by atomic mass is 10.1. The summed E-state index contributed by atoms with van der Waals surface area (Å²) in [7, 11) is 0. The monoisotopic (exact) mass is 378 g/mol. The Morgan fingerprint density at radius 2 is 2.00 bits per heavy atom. The van der Waals surface area contributed by atoms with Crippen molar-refractivity contribution < 1.29 is 4.79 Å². The van der Waals surface area contributed by atoms with Crippen LogP contribution in [0.4, 0.5) is 5.13 Å². The number of anilines is 1. The van der Waals surface area contributed by atoms with Gasteiger partial charge >= 0.3 is 0 Å². The average molecular weight is 379 g/mol. The highest BCUT2D eigenvalue weighted by Crippen LogP contribution is 2.25. The number of nitrogens with one attached hydrogen (secondary N) is 2. The molecule has 7 heteroatoms. The Bertz CT molecular complexity index is 657. The van der Waals surface area contributed by atoms with Crippen LogP contribution in [0.25, 0.3) is 0 Å². The van der Waals surface area contributed by atoms with E-state index < -0.39 is 0 Å². The van der Waals surface area contributed by atoms with E-state index >= 15 is 0 Å². The fraction of sp³-hybridized carbons (Fsp3) is 0.500. The molecular weight excluding hydrogens is 352 g/mol. The SMILES string of the molecule is CCCCNc1nnc(SCC(=O)N[C@@H](C)c2ccc(CC)cc2)s1. The van der Waals surface area contributed by atoms with E-state index in [1.807, 2.05) is 6.92 Å². The summed E-state index contributed by atoms with van der Waals surface area (Å²) in [6.07, 6.45) is 3.28. The van der Waals surface area contributed by atoms with Crippen molar-refractivity contribution in [3.05, 3.63) is 35.4 Å². The molecule has 5 nitrogen and oxygen atoms in total. The third-order valence-electron chi connectivity index (χ3n) is 3.81. The van der Waals surface area contributed by atoms with Gasteiger partial charge in [0.15, 0.2) is 4.34 Å². The topological polar surface area (TPSA) is 66.9 Å². The van der Waals surface area contributed by atoms with Gasteiger partial charge in [-0.1, -0.05) is 67.6 Å². The number of aryl methyl sites for hydroxylation is 1. The minimum absolute atomic E-state index is 0.000280. The van der Waals surface area contributed by atoms with Crippen LogP contribution in [0.2, 0.25) is 0 Å². The summed E-state index contributed by atoms with van der Waals surface area (Å²) >= 11 is 2.92. The van der Waals surface area contributed by atoms with Crippen LogP contribution in [0.15, 0.2) is 28.6 Å². The van der Waals surface area contributed by atoms with Gasteiger partial charge in [0, 0.05) is 6.54 Å². The lowest BCUT2D eigenvalue weighted by Crippen LogP contribution is -2.28. The van der Waals surface area contributed by atoms with Gasteiger partial charge in [-0.3, -0.25) is 4.79 Å². The van der Waals surface area contributed by atoms with Crippen molar-refractivity contribution in [2.75, 3.05) is 17.6 Å². The van der Waals surface area contributed by atoms with Crippen LogP contribution in [0.3, 0.4) is 0 Å². The minimum atomic E-state index is -0.000280. The second-order valence-electron chi connectivity index (χ2n) is 5.83. The third kappa shape index (κ3) is 6.66. The number of amides is 1. The Balaban J connectivity index is 1.76. The molecule has 2 rings (SSSR count). The number of rotatable bonds is 10. The lowest BCUT2D eigenvalue weighted by Gasteiger charge is -2.14. The van der Waals surface area contributed by atoms with Gasteiger partial charge in [0.25, 0.3) is 0 Å². The van der Waals surface area contributed by atoms with Crippen LogP contribution in [0.1, 0.15) is 50.8 Å². The predicted octanol–water partition coefficient (Wildman–Crippen LogP) is 4.28. The van der Waals surface area contributed by atoms with Crippen LogP contribution < -0.4 is 10.6 Å². The van der Waals surface area contributed by atoms with Crippen molar-refractivity contribution in [2.24, 2.45) is 0 Å². The highest BCUT2D eigenvalue weighted by atomic mass is 32.2. The van der Waals surface area contributed by atoms with Crippen molar-refractivity contribution in [1.82, 2.24) is 15.5 Å². The molecule has 0 saturated carbocycles. The molecule has 1 aromatic heterocycles. The number of hydrogen-bond donors (Lipinski definition) is 2. The van der Waals surface area contributed by atoms with Crippen molar-refractivity contribution in [2.45, 2.75) is 50.4 Å². The van der Waals surface area contributed by atoms with Gasteiger partial charge in [-0.25, -0.2) is 0 Å². The summed E-state index contributed by atoms with van der Waals surface area (Å²) in [5.74, 6) is 0.355. The first kappa shape index (κ1) is 19.7. The molecule has 0 saturated heterocycles. The van der Waals surface area contributed by atoms with Crippen LogP contribution >= 0.6 is 23.1 Å². The first-order valence-corrected chi connectivity index (χ1v) is 10.5. The lowest BCUT2D eigenvalue weighted by molar-refractivity contribution is -0.119. The zero-order valence-corrected chi connectivity index (χ0v) is 16.7. The minimum Gasteiger partial charge on any atom is -0.360 e. The molecular formula is C18H26N4OS2. The molecule has 1 aromatic carbocycles. The molecule has 0 aliphatic heterocycles. The smallest absolute Gasteiger partial charge is 0.230 e. The van der Waals surface area contributed by atoms with Gasteiger partial charge in [0.1, 0.15) is 0 Å². The second kappa shape index (κ2) is 10.4. The average Bonchev–Trinajstić information content (AvgIpc) is 3.08. The van der Waals surface area contributed by atoms with E-state index in [4.69, 9.17) is 0 Å². The summed E-state index contributed by atoms with van der Waals surface area (Å²) in [5.41, 5.74) is 2.42. The van der Waals surface area contributed by atoms with E-state index in [1.165, 1.54) is 28.7 Å². The summed E-state index contributed by atoms with van der Waals surface area (Å²) < 4.78 is 0.814. The van der Waals surface area contributed by atoms with Gasteiger partial charge in [0.2, 0.25) is 11.0 Å². The van der Waals surface area contributed by atoms with E-state index in [0.717, 1.165) is 40.8 Å². The number of benzene rings is 1. The number of hydrogen-bond acceptors (Lipinski definition) is 6. The van der Waals surface area contributed by atoms with Crippen LogP contribution in [0, 0.1) is 0 Å². The quantitative estimate of drug-likeness (QED) is 0.477. The zero-order chi connectivity index (χ0) is 18.1. The van der Waals surface area contributed by atoms with Gasteiger partial charge in [-0.05, 0) is 30.9 Å². The Morgan fingerprint density at radius 3 is 2.68 bits per heavy atom. The molecule has 1 amide bonds. The molecule has 1 heterocycles. The summed E-state index contributed by atoms with van der Waals surface area (Å²) in [4.78, 5) is 12.1. The maximum Gasteiger partial charge on any atom is 0.230 e. The first-order chi connectivity index (χ1) is 12.1. The highest BCUT2D eigenvalue weighted by molar-refractivity contribution is 8.01. The van der Waals surface area contributed by atoms with E-state index in [1.54, 1.807) is 0 Å². The molecule has 136 valence electrons. The molecule has 0 aliphatic carbocycles. The fourth-order valence-corrected chi connectivity index (χ4v) is 3.84. The van der Waals surface area contributed by atoms with Crippen molar-refractivity contribution >= 4 is 34.1 Å². The maximum absolute atomic E-state index is 12.1. The van der Waals surface area contributed by atoms with Gasteiger partial charge in [0.05, 0.1) is 11.8 Å². The Hall–Kier alpha value is -1.60. The Labute approximate surface area is 158 Å².